The lowest BCUT2D eigenvalue weighted by Gasteiger charge is -2.46. The van der Waals surface area contributed by atoms with E-state index < -0.39 is 86.8 Å². The van der Waals surface area contributed by atoms with Crippen molar-refractivity contribution in [3.8, 4) is 0 Å². The second-order valence-corrected chi connectivity index (χ2v) is 17.6. The zero-order valence-electron chi connectivity index (χ0n) is 38.8. The number of hydrogen-bond acceptors (Lipinski definition) is 13. The number of hydrogen-bond donors (Lipinski definition) is 9. The molecule has 2 rings (SSSR count). The Kier molecular flexibility index (Phi) is 33.1. The Hall–Kier alpha value is -1.79. The average Bonchev–Trinajstić information content (AvgIpc) is 3.28. The van der Waals surface area contributed by atoms with Gasteiger partial charge in [0.25, 0.3) is 0 Å². The molecule has 2 aliphatic rings. The van der Waals surface area contributed by atoms with Gasteiger partial charge in [-0.2, -0.15) is 0 Å². The summed E-state index contributed by atoms with van der Waals surface area (Å²) in [6.45, 7) is 2.73. The van der Waals surface area contributed by atoms with Gasteiger partial charge in [0.1, 0.15) is 48.8 Å². The van der Waals surface area contributed by atoms with Crippen LogP contribution in [0, 0.1) is 0 Å². The highest BCUT2D eigenvalue weighted by atomic mass is 16.7. The summed E-state index contributed by atoms with van der Waals surface area (Å²) in [5.41, 5.74) is 0. The average molecular weight is 900 g/mol. The van der Waals surface area contributed by atoms with Crippen molar-refractivity contribution < 1.29 is 64.6 Å². The summed E-state index contributed by atoms with van der Waals surface area (Å²) in [4.78, 5) is 13.1. The van der Waals surface area contributed by atoms with Gasteiger partial charge in [0.05, 0.1) is 32.0 Å². The molecule has 0 radical (unpaired) electrons. The standard InChI is InChI=1S/C49H89NO13/c1-3-5-7-9-11-13-15-17-19-20-22-24-26-28-30-32-38(53)37(50-41(54)33-31-29-27-25-23-21-18-16-14-12-10-8-6-4-2)36-60-48-46(59)44(57)47(40(35-52)62-48)63-49-45(58)43(56)42(55)39(34-51)61-49/h15,17,22,24,30,32,37-40,42-49,51-53,55-59H,3-14,16,18-21,23,25-29,31,33-36H2,1-2H3,(H,50,54)/b17-15+,24-22+,32-30+. The van der Waals surface area contributed by atoms with Gasteiger partial charge >= 0.3 is 0 Å². The maximum atomic E-state index is 13.1. The van der Waals surface area contributed by atoms with Gasteiger partial charge in [0.2, 0.25) is 5.91 Å². The Labute approximate surface area is 379 Å². The molecule has 0 aromatic rings. The van der Waals surface area contributed by atoms with E-state index in [2.05, 4.69) is 43.5 Å². The van der Waals surface area contributed by atoms with E-state index in [0.717, 1.165) is 44.9 Å². The highest BCUT2D eigenvalue weighted by molar-refractivity contribution is 5.76. The van der Waals surface area contributed by atoms with Crippen molar-refractivity contribution >= 4 is 5.91 Å². The number of amides is 1. The number of nitrogens with one attached hydrogen (secondary N) is 1. The van der Waals surface area contributed by atoms with Crippen molar-refractivity contribution in [1.29, 1.82) is 0 Å². The van der Waals surface area contributed by atoms with Gasteiger partial charge in [-0.3, -0.25) is 4.79 Å². The van der Waals surface area contributed by atoms with Crippen molar-refractivity contribution in [2.24, 2.45) is 0 Å². The normalized spacial score (nSPS) is 27.8. The quantitative estimate of drug-likeness (QED) is 0.0261. The molecule has 0 spiro atoms. The topological polar surface area (TPSA) is 228 Å². The SMILES string of the molecule is CCCCCCC/C=C/CC/C=C/CC/C=C/C(O)C(COC1OC(CO)C(OC2OC(CO)C(O)C(O)C2O)C(O)C1O)NC(=O)CCCCCCCCCCCCCCCC. The molecular formula is C49H89NO13. The minimum atomic E-state index is -1.79. The Balaban J connectivity index is 1.90. The van der Waals surface area contributed by atoms with Gasteiger partial charge in [0.15, 0.2) is 12.6 Å². The van der Waals surface area contributed by atoms with E-state index in [9.17, 15) is 45.6 Å². The Morgan fingerprint density at radius 2 is 1.02 bits per heavy atom. The fourth-order valence-electron chi connectivity index (χ4n) is 7.97. The monoisotopic (exact) mass is 900 g/mol. The van der Waals surface area contributed by atoms with Crippen LogP contribution in [-0.2, 0) is 23.7 Å². The van der Waals surface area contributed by atoms with Crippen LogP contribution in [0.4, 0.5) is 0 Å². The van der Waals surface area contributed by atoms with Crippen LogP contribution < -0.4 is 5.32 Å². The summed E-state index contributed by atoms with van der Waals surface area (Å²) in [6.07, 6.45) is 23.3. The number of ether oxygens (including phenoxy) is 4. The molecule has 9 N–H and O–H groups in total. The summed E-state index contributed by atoms with van der Waals surface area (Å²) < 4.78 is 22.6. The zero-order valence-corrected chi connectivity index (χ0v) is 38.8. The van der Waals surface area contributed by atoms with Crippen LogP contribution in [0.25, 0.3) is 0 Å². The fraction of sp³-hybridized carbons (Fsp3) is 0.857. The molecule has 2 saturated heterocycles. The second kappa shape index (κ2) is 36.3. The third-order valence-electron chi connectivity index (χ3n) is 12.1. The molecular weight excluding hydrogens is 811 g/mol. The number of carbonyl (C=O) groups excluding carboxylic acids is 1. The Bertz CT molecular complexity index is 1200. The van der Waals surface area contributed by atoms with Gasteiger partial charge in [0, 0.05) is 6.42 Å². The van der Waals surface area contributed by atoms with E-state index in [-0.39, 0.29) is 18.9 Å². The zero-order chi connectivity index (χ0) is 46.1. The largest absolute Gasteiger partial charge is 0.394 e. The molecule has 63 heavy (non-hydrogen) atoms. The van der Waals surface area contributed by atoms with Crippen molar-refractivity contribution in [3.63, 3.8) is 0 Å². The van der Waals surface area contributed by atoms with Crippen LogP contribution in [0.3, 0.4) is 0 Å². The van der Waals surface area contributed by atoms with E-state index in [4.69, 9.17) is 18.9 Å². The maximum absolute atomic E-state index is 13.1. The predicted octanol–water partition coefficient (Wildman–Crippen LogP) is 5.93. The molecule has 1 amide bonds. The van der Waals surface area contributed by atoms with E-state index >= 15 is 0 Å². The molecule has 14 nitrogen and oxygen atoms in total. The third kappa shape index (κ3) is 24.0. The second-order valence-electron chi connectivity index (χ2n) is 17.6. The number of allylic oxidation sites excluding steroid dienone is 5. The molecule has 368 valence electrons. The molecule has 2 fully saturated rings. The van der Waals surface area contributed by atoms with E-state index in [0.29, 0.717) is 12.8 Å². The third-order valence-corrected chi connectivity index (χ3v) is 12.1. The van der Waals surface area contributed by atoms with Gasteiger partial charge < -0.3 is 65.1 Å². The molecule has 14 heteroatoms. The lowest BCUT2D eigenvalue weighted by molar-refractivity contribution is -0.359. The maximum Gasteiger partial charge on any atom is 0.220 e. The van der Waals surface area contributed by atoms with Crippen LogP contribution in [0.2, 0.25) is 0 Å². The van der Waals surface area contributed by atoms with E-state index in [1.807, 2.05) is 6.08 Å². The van der Waals surface area contributed by atoms with Gasteiger partial charge in [-0.05, 0) is 44.9 Å². The predicted molar refractivity (Wildman–Crippen MR) is 244 cm³/mol. The van der Waals surface area contributed by atoms with E-state index in [1.54, 1.807) is 6.08 Å². The first-order chi connectivity index (χ1) is 30.6. The van der Waals surface area contributed by atoms with Crippen LogP contribution >= 0.6 is 0 Å². The lowest BCUT2D eigenvalue weighted by atomic mass is 9.97. The molecule has 0 bridgehead atoms. The van der Waals surface area contributed by atoms with E-state index in [1.165, 1.54) is 96.3 Å². The van der Waals surface area contributed by atoms with Crippen molar-refractivity contribution in [3.05, 3.63) is 36.5 Å². The number of carbonyl (C=O) groups is 1. The molecule has 2 aliphatic heterocycles. The molecule has 0 saturated carbocycles. The molecule has 0 aromatic carbocycles. The van der Waals surface area contributed by atoms with Crippen molar-refractivity contribution in [2.75, 3.05) is 19.8 Å². The summed E-state index contributed by atoms with van der Waals surface area (Å²) in [5, 5.41) is 86.6. The van der Waals surface area contributed by atoms with Gasteiger partial charge in [-0.15, -0.1) is 0 Å². The number of aliphatic hydroxyl groups excluding tert-OH is 8. The highest BCUT2D eigenvalue weighted by Gasteiger charge is 2.51. The summed E-state index contributed by atoms with van der Waals surface area (Å²) in [6, 6.07) is -0.932. The number of rotatable bonds is 37. The van der Waals surface area contributed by atoms with Crippen LogP contribution in [0.1, 0.15) is 174 Å². The van der Waals surface area contributed by atoms with Crippen LogP contribution in [-0.4, -0.2) is 140 Å². The first kappa shape index (κ1) is 57.3. The molecule has 2 heterocycles. The van der Waals surface area contributed by atoms with Gasteiger partial charge in [-0.25, -0.2) is 0 Å². The fourth-order valence-corrected chi connectivity index (χ4v) is 7.97. The number of unbranched alkanes of at least 4 members (excludes halogenated alkanes) is 20. The van der Waals surface area contributed by atoms with Crippen molar-refractivity contribution in [2.45, 2.75) is 248 Å². The van der Waals surface area contributed by atoms with Crippen LogP contribution in [0.15, 0.2) is 36.5 Å². The molecule has 12 unspecified atom stereocenters. The first-order valence-corrected chi connectivity index (χ1v) is 24.7. The van der Waals surface area contributed by atoms with Crippen molar-refractivity contribution in [1.82, 2.24) is 5.32 Å². The first-order valence-electron chi connectivity index (χ1n) is 24.7. The minimum Gasteiger partial charge on any atom is -0.394 e. The lowest BCUT2D eigenvalue weighted by Crippen LogP contribution is -2.65. The summed E-state index contributed by atoms with van der Waals surface area (Å²) in [5.74, 6) is -0.255. The Morgan fingerprint density at radius 1 is 0.556 bits per heavy atom. The smallest absolute Gasteiger partial charge is 0.220 e. The summed E-state index contributed by atoms with van der Waals surface area (Å²) in [7, 11) is 0. The van der Waals surface area contributed by atoms with Crippen LogP contribution in [0.5, 0.6) is 0 Å². The Morgan fingerprint density at radius 3 is 1.56 bits per heavy atom. The number of aliphatic hydroxyl groups is 8. The molecule has 0 aliphatic carbocycles. The molecule has 0 aromatic heterocycles. The molecule has 12 atom stereocenters. The summed E-state index contributed by atoms with van der Waals surface area (Å²) >= 11 is 0. The highest BCUT2D eigenvalue weighted by Crippen LogP contribution is 2.30. The van der Waals surface area contributed by atoms with Gasteiger partial charge in [-0.1, -0.05) is 159 Å². The minimum absolute atomic E-state index is 0.255.